The maximum atomic E-state index is 12.8. The van der Waals surface area contributed by atoms with Crippen LogP contribution in [-0.2, 0) is 26.9 Å². The van der Waals surface area contributed by atoms with Crippen molar-refractivity contribution in [3.63, 3.8) is 0 Å². The highest BCUT2D eigenvalue weighted by Gasteiger charge is 2.35. The van der Waals surface area contributed by atoms with Gasteiger partial charge in [0, 0.05) is 32.3 Å². The third kappa shape index (κ3) is 6.35. The molecule has 3 heterocycles. The maximum absolute atomic E-state index is 12.8. The molecule has 3 aromatic rings. The number of nitrogens with one attached hydrogen (secondary N) is 2. The Labute approximate surface area is 240 Å². The van der Waals surface area contributed by atoms with Crippen LogP contribution < -0.4 is 15.4 Å². The van der Waals surface area contributed by atoms with Crippen molar-refractivity contribution in [2.75, 3.05) is 30.0 Å². The fraction of sp³-hybridized carbons (Fsp3) is 0.480. The summed E-state index contributed by atoms with van der Waals surface area (Å²) in [5.41, 5.74) is 2.83. The van der Waals surface area contributed by atoms with Crippen LogP contribution in [0.2, 0.25) is 5.02 Å². The van der Waals surface area contributed by atoms with Gasteiger partial charge in [-0.1, -0.05) is 11.6 Å². The molecule has 1 fully saturated rings. The van der Waals surface area contributed by atoms with E-state index >= 15 is 0 Å². The van der Waals surface area contributed by atoms with E-state index in [-0.39, 0.29) is 39.5 Å². The lowest BCUT2D eigenvalue weighted by atomic mass is 9.89. The number of aryl methyl sites for hydroxylation is 2. The summed E-state index contributed by atoms with van der Waals surface area (Å²) in [6, 6.07) is 3.84. The number of ether oxygens (including phenoxy) is 1. The number of rotatable bonds is 10. The molecule has 2 N–H and O–H groups in total. The second-order valence-corrected chi connectivity index (χ2v) is 15.2. The minimum atomic E-state index is -3.67. The number of anilines is 4. The molecule has 1 aliphatic heterocycles. The Hall–Kier alpha value is -2.94. The van der Waals surface area contributed by atoms with E-state index in [0.717, 1.165) is 11.1 Å². The molecular formula is C25H34ClN7O5S2. The highest BCUT2D eigenvalue weighted by Crippen LogP contribution is 2.38. The molecule has 0 saturated carbocycles. The van der Waals surface area contributed by atoms with E-state index in [1.807, 2.05) is 32.9 Å². The lowest BCUT2D eigenvalue weighted by Gasteiger charge is -2.38. The monoisotopic (exact) mass is 611 g/mol. The molecule has 2 aromatic heterocycles. The van der Waals surface area contributed by atoms with Crippen LogP contribution in [0.15, 0.2) is 29.6 Å². The molecule has 1 saturated heterocycles. The van der Waals surface area contributed by atoms with E-state index in [2.05, 4.69) is 25.7 Å². The summed E-state index contributed by atoms with van der Waals surface area (Å²) >= 11 is 6.37. The molecule has 1 aliphatic rings. The molecule has 0 bridgehead atoms. The maximum Gasteiger partial charge on any atom is 0.229 e. The van der Waals surface area contributed by atoms with Crippen LogP contribution in [0.5, 0.6) is 5.75 Å². The highest BCUT2D eigenvalue weighted by atomic mass is 35.5. The number of sulfone groups is 1. The van der Waals surface area contributed by atoms with E-state index in [1.165, 1.54) is 21.4 Å². The number of hydrogen-bond acceptors (Lipinski definition) is 10. The number of sulfonamides is 1. The fourth-order valence-corrected chi connectivity index (χ4v) is 6.39. The molecule has 12 nitrogen and oxygen atoms in total. The van der Waals surface area contributed by atoms with Crippen LogP contribution in [-0.4, -0.2) is 71.6 Å². The van der Waals surface area contributed by atoms with Gasteiger partial charge in [-0.3, -0.25) is 4.68 Å². The normalized spacial score (nSPS) is 14.9. The van der Waals surface area contributed by atoms with Crippen molar-refractivity contribution >= 4 is 54.6 Å². The summed E-state index contributed by atoms with van der Waals surface area (Å²) in [5.74, 6) is 1.04. The second kappa shape index (κ2) is 11.1. The van der Waals surface area contributed by atoms with Crippen LogP contribution in [0.25, 0.3) is 0 Å². The zero-order valence-electron chi connectivity index (χ0n) is 23.4. The van der Waals surface area contributed by atoms with E-state index < -0.39 is 25.1 Å². The van der Waals surface area contributed by atoms with Crippen molar-refractivity contribution in [1.82, 2.24) is 24.1 Å². The van der Waals surface area contributed by atoms with Gasteiger partial charge in [0.1, 0.15) is 10.8 Å². The molecule has 0 amide bonds. The largest absolute Gasteiger partial charge is 0.489 e. The molecule has 1 aromatic carbocycles. The Bertz CT molecular complexity index is 1630. The van der Waals surface area contributed by atoms with Crippen molar-refractivity contribution in [3.05, 3.63) is 40.7 Å². The molecular weight excluding hydrogens is 578 g/mol. The predicted octanol–water partition coefficient (Wildman–Crippen LogP) is 3.99. The molecule has 4 rings (SSSR count). The molecule has 0 atom stereocenters. The first-order valence-corrected chi connectivity index (χ1v) is 16.4. The summed E-state index contributed by atoms with van der Waals surface area (Å²) in [5, 5.41) is 9.73. The van der Waals surface area contributed by atoms with Gasteiger partial charge in [-0.25, -0.2) is 26.1 Å². The summed E-state index contributed by atoms with van der Waals surface area (Å²) < 4.78 is 58.3. The molecule has 0 aliphatic carbocycles. The van der Waals surface area contributed by atoms with E-state index in [9.17, 15) is 16.8 Å². The minimum Gasteiger partial charge on any atom is -0.489 e. The van der Waals surface area contributed by atoms with Crippen molar-refractivity contribution in [3.8, 4) is 5.75 Å². The van der Waals surface area contributed by atoms with Crippen LogP contribution in [0.4, 0.5) is 23.1 Å². The third-order valence-electron chi connectivity index (χ3n) is 6.42. The number of halogens is 1. The molecule has 0 spiro atoms. The minimum absolute atomic E-state index is 0.0664. The average Bonchev–Trinajstić information content (AvgIpc) is 3.17. The van der Waals surface area contributed by atoms with E-state index in [0.29, 0.717) is 24.5 Å². The number of nitrogens with zero attached hydrogens (tertiary/aromatic N) is 5. The predicted molar refractivity (Wildman–Crippen MR) is 155 cm³/mol. The Morgan fingerprint density at radius 3 is 2.35 bits per heavy atom. The van der Waals surface area contributed by atoms with Crippen LogP contribution in [0.3, 0.4) is 0 Å². The molecule has 218 valence electrons. The zero-order chi connectivity index (χ0) is 29.6. The van der Waals surface area contributed by atoms with Gasteiger partial charge in [0.2, 0.25) is 30.8 Å². The SMILES string of the molecule is Cc1cc(Nc2ncc(Cl)c(Nc3cn(C)nc3S(=O)(=O)C(C)C)n2)c(OC(C)C)cc1C1CN(S(C)(=O)=O)C1. The van der Waals surface area contributed by atoms with Gasteiger partial charge in [0.25, 0.3) is 0 Å². The van der Waals surface area contributed by atoms with Crippen molar-refractivity contribution in [1.29, 1.82) is 0 Å². The van der Waals surface area contributed by atoms with Crippen LogP contribution in [0, 0.1) is 6.92 Å². The van der Waals surface area contributed by atoms with Gasteiger partial charge in [0.05, 0.1) is 35.2 Å². The fourth-order valence-electron chi connectivity index (χ4n) is 4.25. The average molecular weight is 612 g/mol. The lowest BCUT2D eigenvalue weighted by Crippen LogP contribution is -2.48. The first kappa shape index (κ1) is 30.0. The number of hydrogen-bond donors (Lipinski definition) is 2. The molecule has 0 radical (unpaired) electrons. The highest BCUT2D eigenvalue weighted by molar-refractivity contribution is 7.92. The second-order valence-electron chi connectivity index (χ2n) is 10.4. The van der Waals surface area contributed by atoms with Crippen molar-refractivity contribution in [2.45, 2.75) is 56.9 Å². The standard InChI is InChI=1S/C25H34ClN7O5S2/c1-14(2)38-22-9-18(17-11-33(12-17)39(7,34)35)16(5)8-20(22)29-25-27-10-19(26)23(30-25)28-21-13-32(6)31-24(21)40(36,37)15(3)4/h8-10,13-15,17H,11-12H2,1-7H3,(H2,27,28,29,30). The molecule has 15 heteroatoms. The summed E-state index contributed by atoms with van der Waals surface area (Å²) in [6.07, 6.45) is 4.04. The van der Waals surface area contributed by atoms with Crippen molar-refractivity contribution in [2.24, 2.45) is 7.05 Å². The first-order chi connectivity index (χ1) is 18.6. The van der Waals surface area contributed by atoms with Gasteiger partial charge >= 0.3 is 0 Å². The quantitative estimate of drug-likeness (QED) is 0.345. The van der Waals surface area contributed by atoms with Gasteiger partial charge < -0.3 is 15.4 Å². The lowest BCUT2D eigenvalue weighted by molar-refractivity contribution is 0.241. The Balaban J connectivity index is 1.64. The topological polar surface area (TPSA) is 148 Å². The Morgan fingerprint density at radius 2 is 1.75 bits per heavy atom. The molecule has 40 heavy (non-hydrogen) atoms. The van der Waals surface area contributed by atoms with Gasteiger partial charge in [0.15, 0.2) is 5.82 Å². The number of aromatic nitrogens is 4. The number of benzene rings is 1. The third-order valence-corrected chi connectivity index (χ3v) is 10.0. The van der Waals surface area contributed by atoms with Crippen molar-refractivity contribution < 1.29 is 21.6 Å². The Morgan fingerprint density at radius 1 is 1.07 bits per heavy atom. The summed E-state index contributed by atoms with van der Waals surface area (Å²) in [7, 11) is -5.27. The van der Waals surface area contributed by atoms with Gasteiger partial charge in [-0.2, -0.15) is 10.1 Å². The van der Waals surface area contributed by atoms with Gasteiger partial charge in [-0.15, -0.1) is 0 Å². The van der Waals surface area contributed by atoms with E-state index in [4.69, 9.17) is 16.3 Å². The first-order valence-electron chi connectivity index (χ1n) is 12.7. The molecule has 0 unspecified atom stereocenters. The van der Waals surface area contributed by atoms with Crippen LogP contribution >= 0.6 is 11.6 Å². The van der Waals surface area contributed by atoms with Crippen LogP contribution in [0.1, 0.15) is 44.7 Å². The summed E-state index contributed by atoms with van der Waals surface area (Å²) in [4.78, 5) is 8.78. The summed E-state index contributed by atoms with van der Waals surface area (Å²) in [6.45, 7) is 9.80. The zero-order valence-corrected chi connectivity index (χ0v) is 25.8. The smallest absolute Gasteiger partial charge is 0.229 e. The Kier molecular flexibility index (Phi) is 8.37. The van der Waals surface area contributed by atoms with Gasteiger partial charge in [-0.05, 0) is 57.9 Å². The van der Waals surface area contributed by atoms with E-state index in [1.54, 1.807) is 27.1 Å².